The number of thiophene rings is 1. The first kappa shape index (κ1) is 31.6. The van der Waals surface area contributed by atoms with Gasteiger partial charge in [0, 0.05) is 19.5 Å². The molecular weight excluding hydrogens is 586 g/mol. The zero-order valence-electron chi connectivity index (χ0n) is 26.0. The number of aryl methyl sites for hydroxylation is 2. The van der Waals surface area contributed by atoms with Gasteiger partial charge in [0.15, 0.2) is 11.9 Å². The molecule has 238 valence electrons. The van der Waals surface area contributed by atoms with E-state index >= 15 is 0 Å². The van der Waals surface area contributed by atoms with E-state index in [0.717, 1.165) is 28.8 Å². The van der Waals surface area contributed by atoms with Crippen molar-refractivity contribution in [1.82, 2.24) is 35.3 Å². The smallest absolute Gasteiger partial charge is 0.411 e. The van der Waals surface area contributed by atoms with Gasteiger partial charge in [-0.1, -0.05) is 13.3 Å². The van der Waals surface area contributed by atoms with E-state index in [1.807, 2.05) is 32.3 Å². The number of fused-ring (bicyclic) bond motifs is 1. The topological polar surface area (TPSA) is 161 Å². The molecule has 4 atom stereocenters. The highest BCUT2D eigenvalue weighted by molar-refractivity contribution is 7.17. The van der Waals surface area contributed by atoms with Gasteiger partial charge in [-0.2, -0.15) is 10.1 Å². The summed E-state index contributed by atoms with van der Waals surface area (Å²) in [5.74, 6) is -0.188. The Labute approximate surface area is 260 Å². The second-order valence-electron chi connectivity index (χ2n) is 12.5. The Balaban J connectivity index is 1.39. The first-order valence-electron chi connectivity index (χ1n) is 15.0. The molecular formula is C30H41N7O6S. The number of rotatable bonds is 10. The van der Waals surface area contributed by atoms with Gasteiger partial charge in [0.1, 0.15) is 28.1 Å². The minimum atomic E-state index is -1.41. The molecule has 0 aromatic carbocycles. The molecule has 2 aliphatic rings. The summed E-state index contributed by atoms with van der Waals surface area (Å²) < 4.78 is 14.5. The average molecular weight is 628 g/mol. The molecule has 3 aromatic heterocycles. The summed E-state index contributed by atoms with van der Waals surface area (Å²) >= 11 is 1.44. The van der Waals surface area contributed by atoms with Crippen LogP contribution in [0.3, 0.4) is 0 Å². The SMILES string of the molecule is CCC[C@H](NC(=O)C1C[C@@H](Oc2nc(-c3c(C)cnn3C)nc3ccsc23)CN1C(=O)OC(C)(C)C)C(O)C(=O)NC1CC1. The zero-order valence-corrected chi connectivity index (χ0v) is 26.8. The number of nitrogens with zero attached hydrogens (tertiary/aromatic N) is 5. The molecule has 13 nitrogen and oxygen atoms in total. The van der Waals surface area contributed by atoms with Crippen molar-refractivity contribution < 1.29 is 29.0 Å². The van der Waals surface area contributed by atoms with Crippen molar-refractivity contribution >= 4 is 39.5 Å². The molecule has 1 aliphatic carbocycles. The number of amides is 3. The molecule has 44 heavy (non-hydrogen) atoms. The fourth-order valence-electron chi connectivity index (χ4n) is 5.30. The Bertz CT molecular complexity index is 1510. The van der Waals surface area contributed by atoms with Gasteiger partial charge in [0.25, 0.3) is 5.91 Å². The van der Waals surface area contributed by atoms with Crippen molar-refractivity contribution in [3.63, 3.8) is 0 Å². The van der Waals surface area contributed by atoms with E-state index in [1.165, 1.54) is 16.2 Å². The average Bonchev–Trinajstić information content (AvgIpc) is 3.30. The minimum Gasteiger partial charge on any atom is -0.471 e. The van der Waals surface area contributed by atoms with Gasteiger partial charge >= 0.3 is 6.09 Å². The number of aliphatic hydroxyl groups excluding tert-OH is 1. The molecule has 14 heteroatoms. The number of aromatic nitrogens is 4. The number of hydrogen-bond acceptors (Lipinski definition) is 10. The third kappa shape index (κ3) is 7.12. The Morgan fingerprint density at radius 2 is 1.98 bits per heavy atom. The monoisotopic (exact) mass is 627 g/mol. The fraction of sp³-hybridized carbons (Fsp3) is 0.600. The molecule has 5 rings (SSSR count). The van der Waals surface area contributed by atoms with E-state index < -0.39 is 47.8 Å². The lowest BCUT2D eigenvalue weighted by Gasteiger charge is -2.29. The number of carbonyl (C=O) groups excluding carboxylic acids is 3. The van der Waals surface area contributed by atoms with Crippen molar-refractivity contribution in [2.75, 3.05) is 6.54 Å². The standard InChI is InChI=1S/C30H41N7O6S/c1-7-8-19(23(38)27(40)32-17-9-10-17)34-26(39)21-13-18(15-37(21)29(41)43-30(3,4)5)42-28-24-20(11-12-44-24)33-25(35-28)22-16(2)14-31-36(22)6/h11-12,14,17-19,21,23,38H,7-10,13,15H2,1-6H3,(H,32,40)(H,34,39)/t18-,19+,21?,23?/m1/s1. The molecule has 3 amide bonds. The van der Waals surface area contributed by atoms with Crippen LogP contribution >= 0.6 is 11.3 Å². The van der Waals surface area contributed by atoms with Crippen molar-refractivity contribution in [1.29, 1.82) is 0 Å². The number of hydrogen-bond donors (Lipinski definition) is 3. The first-order chi connectivity index (χ1) is 20.8. The van der Waals surface area contributed by atoms with Crippen LogP contribution in [0.2, 0.25) is 0 Å². The van der Waals surface area contributed by atoms with Crippen LogP contribution in [-0.2, 0) is 21.4 Å². The largest absolute Gasteiger partial charge is 0.471 e. The fourth-order valence-corrected chi connectivity index (χ4v) is 6.06. The molecule has 4 heterocycles. The Kier molecular flexibility index (Phi) is 9.12. The predicted molar refractivity (Wildman–Crippen MR) is 164 cm³/mol. The van der Waals surface area contributed by atoms with Crippen LogP contribution in [0.25, 0.3) is 21.7 Å². The molecule has 1 aliphatic heterocycles. The van der Waals surface area contributed by atoms with Crippen LogP contribution in [0.1, 0.15) is 65.4 Å². The van der Waals surface area contributed by atoms with Gasteiger partial charge in [0.2, 0.25) is 11.8 Å². The van der Waals surface area contributed by atoms with E-state index in [1.54, 1.807) is 31.6 Å². The maximum Gasteiger partial charge on any atom is 0.411 e. The van der Waals surface area contributed by atoms with E-state index in [4.69, 9.17) is 19.4 Å². The number of carbonyl (C=O) groups is 3. The van der Waals surface area contributed by atoms with E-state index in [0.29, 0.717) is 30.1 Å². The van der Waals surface area contributed by atoms with Gasteiger partial charge in [-0.25, -0.2) is 9.78 Å². The molecule has 1 saturated carbocycles. The Hall–Kier alpha value is -3.78. The van der Waals surface area contributed by atoms with E-state index in [2.05, 4.69) is 15.7 Å². The number of likely N-dealkylation sites (tertiary alicyclic amines) is 1. The van der Waals surface area contributed by atoms with Crippen LogP contribution in [0, 0.1) is 6.92 Å². The predicted octanol–water partition coefficient (Wildman–Crippen LogP) is 3.08. The molecule has 3 N–H and O–H groups in total. The third-order valence-electron chi connectivity index (χ3n) is 7.58. The third-order valence-corrected chi connectivity index (χ3v) is 8.47. The molecule has 0 bridgehead atoms. The van der Waals surface area contributed by atoms with Crippen LogP contribution < -0.4 is 15.4 Å². The summed E-state index contributed by atoms with van der Waals surface area (Å²) in [6, 6.07) is 0.195. The van der Waals surface area contributed by atoms with Gasteiger partial charge in [0.05, 0.1) is 24.3 Å². The van der Waals surface area contributed by atoms with Crippen LogP contribution in [0.15, 0.2) is 17.6 Å². The van der Waals surface area contributed by atoms with Crippen molar-refractivity contribution in [3.8, 4) is 17.4 Å². The lowest BCUT2D eigenvalue weighted by atomic mass is 10.0. The highest BCUT2D eigenvalue weighted by Gasteiger charge is 2.44. The number of ether oxygens (including phenoxy) is 2. The maximum atomic E-state index is 13.7. The highest BCUT2D eigenvalue weighted by Crippen LogP contribution is 2.34. The van der Waals surface area contributed by atoms with Gasteiger partial charge < -0.3 is 25.2 Å². The summed E-state index contributed by atoms with van der Waals surface area (Å²) in [5.41, 5.74) is 1.60. The summed E-state index contributed by atoms with van der Waals surface area (Å²) in [5, 5.41) is 22.7. The van der Waals surface area contributed by atoms with Gasteiger partial charge in [-0.15, -0.1) is 11.3 Å². The molecule has 3 aromatic rings. The van der Waals surface area contributed by atoms with Crippen LogP contribution in [-0.4, -0.2) is 90.1 Å². The lowest BCUT2D eigenvalue weighted by Crippen LogP contribution is -2.55. The summed E-state index contributed by atoms with van der Waals surface area (Å²) in [4.78, 5) is 50.5. The second kappa shape index (κ2) is 12.7. The van der Waals surface area contributed by atoms with E-state index in [9.17, 15) is 19.5 Å². The normalized spacial score (nSPS) is 19.9. The van der Waals surface area contributed by atoms with Crippen LogP contribution in [0.4, 0.5) is 4.79 Å². The molecule has 2 fully saturated rings. The van der Waals surface area contributed by atoms with Crippen molar-refractivity contribution in [2.45, 2.75) is 103 Å². The van der Waals surface area contributed by atoms with Crippen molar-refractivity contribution in [2.24, 2.45) is 7.05 Å². The van der Waals surface area contributed by atoms with Gasteiger partial charge in [-0.3, -0.25) is 19.2 Å². The molecule has 1 saturated heterocycles. The molecule has 2 unspecified atom stereocenters. The Morgan fingerprint density at radius 1 is 1.23 bits per heavy atom. The lowest BCUT2D eigenvalue weighted by molar-refractivity contribution is -0.133. The summed E-state index contributed by atoms with van der Waals surface area (Å²) in [7, 11) is 1.82. The zero-order chi connectivity index (χ0) is 31.8. The molecule has 0 radical (unpaired) electrons. The highest BCUT2D eigenvalue weighted by atomic mass is 32.1. The summed E-state index contributed by atoms with van der Waals surface area (Å²) in [6.07, 6.45) is 2.02. The summed E-state index contributed by atoms with van der Waals surface area (Å²) in [6.45, 7) is 9.19. The van der Waals surface area contributed by atoms with Crippen molar-refractivity contribution in [3.05, 3.63) is 23.2 Å². The maximum absolute atomic E-state index is 13.7. The number of nitrogens with one attached hydrogen (secondary N) is 2. The minimum absolute atomic E-state index is 0.0736. The van der Waals surface area contributed by atoms with Crippen LogP contribution in [0.5, 0.6) is 5.88 Å². The first-order valence-corrected chi connectivity index (χ1v) is 15.9. The van der Waals surface area contributed by atoms with Gasteiger partial charge in [-0.05, 0) is 64.0 Å². The molecule has 0 spiro atoms. The second-order valence-corrected chi connectivity index (χ2v) is 13.5. The van der Waals surface area contributed by atoms with E-state index in [-0.39, 0.29) is 19.0 Å². The Morgan fingerprint density at radius 3 is 2.61 bits per heavy atom. The quantitative estimate of drug-likeness (QED) is 0.307. The number of aliphatic hydroxyl groups is 1.